The first-order chi connectivity index (χ1) is 16.4. The van der Waals surface area contributed by atoms with Crippen LogP contribution in [0.15, 0.2) is 23.7 Å². The second kappa shape index (κ2) is 9.68. The quantitative estimate of drug-likeness (QED) is 0.552. The molecule has 1 aromatic heterocycles. The minimum Gasteiger partial charge on any atom is -0.493 e. The Morgan fingerprint density at radius 2 is 2.06 bits per heavy atom. The normalized spacial score (nSPS) is 23.4. The standard InChI is InChI=1S/C25H35FN4O3S/c1-24(2,31-3)8-11-32-22-5-4-19(26)12-21(22)18-6-9-29(10-7-18)20-13-25(33-14-20)15-30(16-25)23-28-27-17-34-23/h4-5,12,17-18,20H,6-11,13-16H2,1-3H3. The number of benzene rings is 1. The molecule has 3 aliphatic rings. The molecule has 9 heteroatoms. The molecule has 0 N–H and O–H groups in total. The molecule has 0 amide bonds. The van der Waals surface area contributed by atoms with Gasteiger partial charge in [-0.3, -0.25) is 4.90 Å². The van der Waals surface area contributed by atoms with Gasteiger partial charge in [0, 0.05) is 25.1 Å². The molecule has 0 radical (unpaired) electrons. The topological polar surface area (TPSA) is 60.0 Å². The van der Waals surface area contributed by atoms with Crippen LogP contribution in [0.3, 0.4) is 0 Å². The highest BCUT2D eigenvalue weighted by Gasteiger charge is 2.51. The molecule has 5 rings (SSSR count). The fourth-order valence-electron chi connectivity index (χ4n) is 5.42. The van der Waals surface area contributed by atoms with Crippen LogP contribution in [0.25, 0.3) is 0 Å². The van der Waals surface area contributed by atoms with Gasteiger partial charge in [-0.25, -0.2) is 4.39 Å². The van der Waals surface area contributed by atoms with Crippen LogP contribution in [0.4, 0.5) is 9.52 Å². The Hall–Kier alpha value is -1.81. The number of halogens is 1. The fourth-order valence-corrected chi connectivity index (χ4v) is 5.98. The van der Waals surface area contributed by atoms with Crippen LogP contribution in [0, 0.1) is 5.82 Å². The molecule has 0 saturated carbocycles. The third kappa shape index (κ3) is 5.08. The lowest BCUT2D eigenvalue weighted by atomic mass is 9.86. The molecule has 2 aromatic rings. The van der Waals surface area contributed by atoms with E-state index in [-0.39, 0.29) is 17.0 Å². The molecule has 1 atom stereocenters. The molecule has 1 unspecified atom stereocenters. The van der Waals surface area contributed by atoms with Gasteiger partial charge in [-0.2, -0.15) is 0 Å². The van der Waals surface area contributed by atoms with Crippen molar-refractivity contribution in [2.75, 3.05) is 51.4 Å². The zero-order chi connectivity index (χ0) is 23.8. The Balaban J connectivity index is 1.14. The summed E-state index contributed by atoms with van der Waals surface area (Å²) in [4.78, 5) is 4.82. The van der Waals surface area contributed by atoms with Crippen LogP contribution in [-0.2, 0) is 9.47 Å². The first-order valence-corrected chi connectivity index (χ1v) is 13.1. The SMILES string of the molecule is COC(C)(C)CCOc1ccc(F)cc1C1CCN(C2COC3(C2)CN(c2nncs2)C3)CC1. The Morgan fingerprint density at radius 1 is 1.26 bits per heavy atom. The molecule has 4 heterocycles. The second-order valence-corrected chi connectivity index (χ2v) is 11.3. The number of hydrogen-bond acceptors (Lipinski definition) is 8. The van der Waals surface area contributed by atoms with E-state index >= 15 is 0 Å². The van der Waals surface area contributed by atoms with Crippen LogP contribution in [0.5, 0.6) is 5.75 Å². The summed E-state index contributed by atoms with van der Waals surface area (Å²) in [5.74, 6) is 0.921. The molecule has 3 aliphatic heterocycles. The minimum absolute atomic E-state index is 0.0350. The third-order valence-corrected chi connectivity index (χ3v) is 8.49. The van der Waals surface area contributed by atoms with E-state index in [0.717, 1.165) is 74.9 Å². The molecule has 3 fully saturated rings. The van der Waals surface area contributed by atoms with Gasteiger partial charge in [0.1, 0.15) is 22.7 Å². The summed E-state index contributed by atoms with van der Waals surface area (Å²) < 4.78 is 32.0. The van der Waals surface area contributed by atoms with E-state index in [9.17, 15) is 4.39 Å². The molecule has 1 aromatic carbocycles. The molecule has 7 nitrogen and oxygen atoms in total. The Kier molecular flexibility index (Phi) is 6.81. The summed E-state index contributed by atoms with van der Waals surface area (Å²) >= 11 is 1.58. The highest BCUT2D eigenvalue weighted by Crippen LogP contribution is 2.41. The number of aromatic nitrogens is 2. The Morgan fingerprint density at radius 3 is 2.76 bits per heavy atom. The molecule has 1 spiro atoms. The maximum Gasteiger partial charge on any atom is 0.208 e. The van der Waals surface area contributed by atoms with E-state index in [1.165, 1.54) is 6.07 Å². The summed E-state index contributed by atoms with van der Waals surface area (Å²) in [5.41, 5.74) is 2.51. The summed E-state index contributed by atoms with van der Waals surface area (Å²) in [6.07, 6.45) is 3.85. The van der Waals surface area contributed by atoms with Gasteiger partial charge in [0.2, 0.25) is 5.13 Å². The average Bonchev–Trinajstić information content (AvgIpc) is 3.50. The molecule has 0 aliphatic carbocycles. The summed E-state index contributed by atoms with van der Waals surface area (Å²) in [6, 6.07) is 5.40. The molecule has 0 bridgehead atoms. The Labute approximate surface area is 205 Å². The van der Waals surface area contributed by atoms with Gasteiger partial charge in [-0.05, 0) is 70.3 Å². The predicted octanol–water partition coefficient (Wildman–Crippen LogP) is 4.10. The van der Waals surface area contributed by atoms with E-state index in [2.05, 4.69) is 20.0 Å². The van der Waals surface area contributed by atoms with Gasteiger partial charge in [0.15, 0.2) is 0 Å². The molecule has 3 saturated heterocycles. The van der Waals surface area contributed by atoms with Gasteiger partial charge in [0.05, 0.1) is 31.9 Å². The average molecular weight is 491 g/mol. The van der Waals surface area contributed by atoms with Crippen molar-refractivity contribution >= 4 is 16.5 Å². The van der Waals surface area contributed by atoms with Crippen molar-refractivity contribution < 1.29 is 18.6 Å². The predicted molar refractivity (Wildman–Crippen MR) is 130 cm³/mol. The summed E-state index contributed by atoms with van der Waals surface area (Å²) in [6.45, 7) is 9.24. The highest BCUT2D eigenvalue weighted by molar-refractivity contribution is 7.13. The molecular formula is C25H35FN4O3S. The molecule has 34 heavy (non-hydrogen) atoms. The van der Waals surface area contributed by atoms with Gasteiger partial charge >= 0.3 is 0 Å². The van der Waals surface area contributed by atoms with Crippen molar-refractivity contribution in [3.05, 3.63) is 35.1 Å². The minimum atomic E-state index is -0.235. The van der Waals surface area contributed by atoms with Gasteiger partial charge in [0.25, 0.3) is 0 Å². The highest BCUT2D eigenvalue weighted by atomic mass is 32.1. The van der Waals surface area contributed by atoms with E-state index in [1.54, 1.807) is 36.1 Å². The first-order valence-electron chi connectivity index (χ1n) is 12.2. The number of nitrogens with zero attached hydrogens (tertiary/aromatic N) is 4. The molecular weight excluding hydrogens is 455 g/mol. The number of likely N-dealkylation sites (tertiary alicyclic amines) is 1. The van der Waals surface area contributed by atoms with Crippen molar-refractivity contribution in [3.8, 4) is 5.75 Å². The number of piperidine rings is 1. The van der Waals surface area contributed by atoms with Crippen molar-refractivity contribution in [2.24, 2.45) is 0 Å². The van der Waals surface area contributed by atoms with Crippen LogP contribution in [0.2, 0.25) is 0 Å². The summed E-state index contributed by atoms with van der Waals surface area (Å²) in [7, 11) is 1.72. The number of methoxy groups -OCH3 is 1. The number of rotatable bonds is 8. The van der Waals surface area contributed by atoms with Gasteiger partial charge in [-0.15, -0.1) is 10.2 Å². The lowest BCUT2D eigenvalue weighted by Gasteiger charge is -2.47. The smallest absolute Gasteiger partial charge is 0.208 e. The lowest BCUT2D eigenvalue weighted by Crippen LogP contribution is -2.62. The van der Waals surface area contributed by atoms with Crippen molar-refractivity contribution in [1.82, 2.24) is 15.1 Å². The third-order valence-electron chi connectivity index (χ3n) is 7.74. The van der Waals surface area contributed by atoms with Crippen LogP contribution < -0.4 is 9.64 Å². The molecule has 186 valence electrons. The number of hydrogen-bond donors (Lipinski definition) is 0. The summed E-state index contributed by atoms with van der Waals surface area (Å²) in [5, 5.41) is 9.10. The second-order valence-electron chi connectivity index (χ2n) is 10.5. The largest absolute Gasteiger partial charge is 0.493 e. The maximum absolute atomic E-state index is 14.1. The number of anilines is 1. The van der Waals surface area contributed by atoms with E-state index in [4.69, 9.17) is 14.2 Å². The monoisotopic (exact) mass is 490 g/mol. The maximum atomic E-state index is 14.1. The zero-order valence-corrected chi connectivity index (χ0v) is 21.2. The number of ether oxygens (including phenoxy) is 3. The van der Waals surface area contributed by atoms with Crippen LogP contribution in [-0.4, -0.2) is 78.8 Å². The first kappa shape index (κ1) is 23.9. The van der Waals surface area contributed by atoms with E-state index in [0.29, 0.717) is 18.6 Å². The lowest BCUT2D eigenvalue weighted by molar-refractivity contribution is -0.0195. The van der Waals surface area contributed by atoms with Crippen molar-refractivity contribution in [1.29, 1.82) is 0 Å². The van der Waals surface area contributed by atoms with E-state index < -0.39 is 0 Å². The van der Waals surface area contributed by atoms with Gasteiger partial charge < -0.3 is 19.1 Å². The zero-order valence-electron chi connectivity index (χ0n) is 20.3. The van der Waals surface area contributed by atoms with Crippen molar-refractivity contribution in [3.63, 3.8) is 0 Å². The van der Waals surface area contributed by atoms with Gasteiger partial charge in [-0.1, -0.05) is 11.3 Å². The fraction of sp³-hybridized carbons (Fsp3) is 0.680. The van der Waals surface area contributed by atoms with Crippen LogP contribution >= 0.6 is 11.3 Å². The Bertz CT molecular complexity index is 959. The van der Waals surface area contributed by atoms with E-state index in [1.807, 2.05) is 13.8 Å². The van der Waals surface area contributed by atoms with Crippen LogP contribution in [0.1, 0.15) is 51.0 Å². The van der Waals surface area contributed by atoms with Crippen molar-refractivity contribution in [2.45, 2.75) is 62.7 Å².